The van der Waals surface area contributed by atoms with Crippen LogP contribution in [0.4, 0.5) is 15.8 Å². The van der Waals surface area contributed by atoms with Gasteiger partial charge in [-0.15, -0.1) is 5.10 Å². The molecule has 42 heavy (non-hydrogen) atoms. The van der Waals surface area contributed by atoms with Crippen LogP contribution in [0.2, 0.25) is 0 Å². The largest absolute Gasteiger partial charge is 0.383 e. The molecule has 1 aliphatic carbocycles. The fourth-order valence-corrected chi connectivity index (χ4v) is 5.14. The predicted octanol–water partition coefficient (Wildman–Crippen LogP) is 4.44. The summed E-state index contributed by atoms with van der Waals surface area (Å²) in [6.45, 7) is 8.49. The Morgan fingerprint density at radius 2 is 1.95 bits per heavy atom. The van der Waals surface area contributed by atoms with Gasteiger partial charge >= 0.3 is 0 Å². The number of halogens is 1. The van der Waals surface area contributed by atoms with Crippen molar-refractivity contribution in [1.82, 2.24) is 25.0 Å². The van der Waals surface area contributed by atoms with Gasteiger partial charge in [0, 0.05) is 35.1 Å². The van der Waals surface area contributed by atoms with Gasteiger partial charge < -0.3 is 16.4 Å². The van der Waals surface area contributed by atoms with Crippen LogP contribution in [0.5, 0.6) is 0 Å². The van der Waals surface area contributed by atoms with Crippen LogP contribution >= 0.6 is 0 Å². The smallest absolute Gasteiger partial charge is 0.245 e. The molecule has 11 nitrogen and oxygen atoms in total. The quantitative estimate of drug-likeness (QED) is 0.261. The number of primary amides is 1. The molecule has 5 rings (SSSR count). The van der Waals surface area contributed by atoms with E-state index in [1.165, 1.54) is 16.9 Å². The summed E-state index contributed by atoms with van der Waals surface area (Å²) >= 11 is 0. The number of benzene rings is 1. The summed E-state index contributed by atoms with van der Waals surface area (Å²) in [6.07, 6.45) is 5.11. The highest BCUT2D eigenvalue weighted by molar-refractivity contribution is 5.99. The lowest BCUT2D eigenvalue weighted by molar-refractivity contribution is -0.131. The minimum absolute atomic E-state index is 0.0804. The van der Waals surface area contributed by atoms with Gasteiger partial charge in [-0.3, -0.25) is 9.78 Å². The molecule has 4 N–H and O–H groups in total. The number of anilines is 2. The number of carbonyl (C=O) groups is 1. The fraction of sp³-hybridized carbons (Fsp3) is 0.367. The van der Waals surface area contributed by atoms with E-state index in [2.05, 4.69) is 63.8 Å². The van der Waals surface area contributed by atoms with Gasteiger partial charge in [-0.05, 0) is 49.8 Å². The molecule has 0 spiro atoms. The van der Waals surface area contributed by atoms with Crippen molar-refractivity contribution < 1.29 is 9.18 Å². The number of hydrogen-bond acceptors (Lipinski definition) is 9. The molecular formula is C30H31FN10O. The summed E-state index contributed by atoms with van der Waals surface area (Å²) in [5, 5.41) is 35.9. The summed E-state index contributed by atoms with van der Waals surface area (Å²) in [6, 6.07) is 10.1. The maximum absolute atomic E-state index is 14.0. The zero-order valence-electron chi connectivity index (χ0n) is 23.9. The number of nitrogens with two attached hydrogens (primary N) is 1. The van der Waals surface area contributed by atoms with Crippen LogP contribution in [-0.4, -0.2) is 37.4 Å². The first-order valence-corrected chi connectivity index (χ1v) is 13.6. The Kier molecular flexibility index (Phi) is 7.25. The number of fused-ring (bicyclic) bond motifs is 1. The molecule has 3 aromatic heterocycles. The minimum atomic E-state index is -0.935. The standard InChI is InChI=1S/C30H31FN10O/c1-17-21(6-7-24(31)37-17)27(23-15-41(40-39-23)30(28(34)42)8-5-9-30)38-20-10-18(12-32)25-22(11-20)26(19(13-33)14-35-25)36-16-29(2,3)4/h6-7,10-11,14-15,27,38H,5,8-9,16H2,1-4H3,(H2,34,42)(H,35,36)/t27-/m0/s1. The number of nitriles is 2. The van der Waals surface area contributed by atoms with E-state index in [1.807, 2.05) is 6.07 Å². The molecule has 0 radical (unpaired) electrons. The molecule has 0 saturated heterocycles. The second kappa shape index (κ2) is 10.7. The lowest BCUT2D eigenvalue weighted by atomic mass is 9.76. The van der Waals surface area contributed by atoms with Gasteiger partial charge in [-0.25, -0.2) is 9.67 Å². The van der Waals surface area contributed by atoms with Crippen LogP contribution in [0.15, 0.2) is 36.7 Å². The molecule has 12 heteroatoms. The first kappa shape index (κ1) is 28.4. The second-order valence-corrected chi connectivity index (χ2v) is 11.8. The molecule has 0 bridgehead atoms. The van der Waals surface area contributed by atoms with E-state index in [1.54, 1.807) is 25.3 Å². The third kappa shape index (κ3) is 5.19. The molecule has 1 aromatic carbocycles. The lowest BCUT2D eigenvalue weighted by Gasteiger charge is -2.38. The van der Waals surface area contributed by atoms with Crippen molar-refractivity contribution in [3.05, 3.63) is 70.7 Å². The first-order valence-electron chi connectivity index (χ1n) is 13.6. The van der Waals surface area contributed by atoms with Crippen LogP contribution in [-0.2, 0) is 10.3 Å². The minimum Gasteiger partial charge on any atom is -0.383 e. The summed E-state index contributed by atoms with van der Waals surface area (Å²) in [7, 11) is 0. The Morgan fingerprint density at radius 1 is 1.21 bits per heavy atom. The summed E-state index contributed by atoms with van der Waals surface area (Å²) in [4.78, 5) is 20.7. The van der Waals surface area contributed by atoms with Crippen molar-refractivity contribution >= 4 is 28.2 Å². The molecule has 1 aliphatic rings. The van der Waals surface area contributed by atoms with Gasteiger partial charge in [0.05, 0.1) is 34.6 Å². The summed E-state index contributed by atoms with van der Waals surface area (Å²) < 4.78 is 15.5. The first-order chi connectivity index (χ1) is 20.0. The number of aromatic nitrogens is 5. The molecule has 4 aromatic rings. The van der Waals surface area contributed by atoms with Crippen LogP contribution in [0.25, 0.3) is 10.9 Å². The maximum atomic E-state index is 14.0. The van der Waals surface area contributed by atoms with E-state index in [0.29, 0.717) is 69.7 Å². The van der Waals surface area contributed by atoms with Crippen LogP contribution in [0, 0.1) is 40.9 Å². The van der Waals surface area contributed by atoms with Crippen molar-refractivity contribution in [3.8, 4) is 12.1 Å². The van der Waals surface area contributed by atoms with Crippen molar-refractivity contribution in [3.63, 3.8) is 0 Å². The topological polar surface area (TPSA) is 171 Å². The van der Waals surface area contributed by atoms with E-state index in [9.17, 15) is 19.7 Å². The Labute approximate surface area is 242 Å². The Bertz CT molecular complexity index is 1770. The van der Waals surface area contributed by atoms with Gasteiger partial charge in [-0.1, -0.05) is 32.1 Å². The van der Waals surface area contributed by atoms with E-state index in [4.69, 9.17) is 5.73 Å². The molecule has 1 amide bonds. The molecule has 1 fully saturated rings. The zero-order valence-corrected chi connectivity index (χ0v) is 23.9. The number of nitrogens with zero attached hydrogens (tertiary/aromatic N) is 7. The SMILES string of the molecule is Cc1nc(F)ccc1[C@H](Nc1cc(C#N)c2ncc(C#N)c(NCC(C)(C)C)c2c1)c1cn(C2(C(N)=O)CCC2)nn1. The highest BCUT2D eigenvalue weighted by Crippen LogP contribution is 2.39. The molecule has 214 valence electrons. The van der Waals surface area contributed by atoms with Crippen molar-refractivity contribution in [1.29, 1.82) is 10.5 Å². The third-order valence-corrected chi connectivity index (χ3v) is 7.61. The van der Waals surface area contributed by atoms with E-state index < -0.39 is 23.4 Å². The summed E-state index contributed by atoms with van der Waals surface area (Å²) in [5.74, 6) is -1.10. The Hall–Kier alpha value is -5.10. The predicted molar refractivity (Wildman–Crippen MR) is 155 cm³/mol. The van der Waals surface area contributed by atoms with E-state index in [0.717, 1.165) is 6.42 Å². The normalized spacial score (nSPS) is 14.8. The number of aryl methyl sites for hydroxylation is 1. The van der Waals surface area contributed by atoms with Gasteiger partial charge in [0.1, 0.15) is 23.4 Å². The maximum Gasteiger partial charge on any atom is 0.245 e. The third-order valence-electron chi connectivity index (χ3n) is 7.61. The summed E-state index contributed by atoms with van der Waals surface area (Å²) in [5.41, 5.74) is 8.44. The molecule has 0 aliphatic heterocycles. The monoisotopic (exact) mass is 566 g/mol. The molecule has 0 unspecified atom stereocenters. The zero-order chi connectivity index (χ0) is 30.2. The van der Waals surface area contributed by atoms with Crippen LogP contribution in [0.1, 0.15) is 74.2 Å². The van der Waals surface area contributed by atoms with Crippen molar-refractivity contribution in [2.75, 3.05) is 17.2 Å². The number of pyridine rings is 2. The average molecular weight is 567 g/mol. The molecule has 3 heterocycles. The lowest BCUT2D eigenvalue weighted by Crippen LogP contribution is -2.51. The number of carbonyl (C=O) groups excluding carboxylic acids is 1. The van der Waals surface area contributed by atoms with E-state index in [-0.39, 0.29) is 5.41 Å². The average Bonchev–Trinajstić information content (AvgIpc) is 3.38. The molecular weight excluding hydrogens is 535 g/mol. The van der Waals surface area contributed by atoms with Gasteiger partial charge in [0.15, 0.2) is 0 Å². The highest BCUT2D eigenvalue weighted by Gasteiger charge is 2.46. The van der Waals surface area contributed by atoms with Gasteiger partial charge in [0.25, 0.3) is 0 Å². The van der Waals surface area contributed by atoms with Crippen LogP contribution in [0.3, 0.4) is 0 Å². The van der Waals surface area contributed by atoms with Crippen LogP contribution < -0.4 is 16.4 Å². The second-order valence-electron chi connectivity index (χ2n) is 11.8. The van der Waals surface area contributed by atoms with Crippen molar-refractivity contribution in [2.45, 2.75) is 58.5 Å². The molecule has 1 atom stereocenters. The van der Waals surface area contributed by atoms with Gasteiger partial charge in [-0.2, -0.15) is 14.9 Å². The molecule has 1 saturated carbocycles. The highest BCUT2D eigenvalue weighted by atomic mass is 19.1. The number of rotatable bonds is 8. The van der Waals surface area contributed by atoms with E-state index >= 15 is 0 Å². The number of hydrogen-bond donors (Lipinski definition) is 3. The number of amides is 1. The van der Waals surface area contributed by atoms with Crippen molar-refractivity contribution in [2.24, 2.45) is 11.1 Å². The Balaban J connectivity index is 1.64. The number of nitrogens with one attached hydrogen (secondary N) is 2. The van der Waals surface area contributed by atoms with Gasteiger partial charge in [0.2, 0.25) is 11.9 Å². The Morgan fingerprint density at radius 3 is 2.55 bits per heavy atom. The fourth-order valence-electron chi connectivity index (χ4n) is 5.14.